The molecule has 0 aliphatic heterocycles. The minimum atomic E-state index is -0.0825. The number of aromatic nitrogens is 2. The van der Waals surface area contributed by atoms with Gasteiger partial charge in [-0.25, -0.2) is 4.98 Å². The van der Waals surface area contributed by atoms with Crippen molar-refractivity contribution in [3.05, 3.63) is 52.3 Å². The highest BCUT2D eigenvalue weighted by Gasteiger charge is 2.42. The summed E-state index contributed by atoms with van der Waals surface area (Å²) in [6.07, 6.45) is 2.94. The molecular formula is C17H16ClN3OS. The fraction of sp³-hybridized carbons (Fsp3) is 0.294. The third-order valence-corrected chi connectivity index (χ3v) is 5.42. The van der Waals surface area contributed by atoms with Gasteiger partial charge in [0.15, 0.2) is 15.8 Å². The maximum Gasteiger partial charge on any atom is 0.278 e. The molecule has 3 aromatic rings. The van der Waals surface area contributed by atoms with Crippen LogP contribution in [0.5, 0.6) is 0 Å². The van der Waals surface area contributed by atoms with Gasteiger partial charge in [0.05, 0.1) is 0 Å². The normalized spacial score (nSPS) is 20.0. The van der Waals surface area contributed by atoms with Crippen LogP contribution in [0.4, 0.5) is 5.69 Å². The number of para-hydroxylation sites is 1. The first-order chi connectivity index (χ1) is 11.1. The van der Waals surface area contributed by atoms with E-state index in [1.54, 1.807) is 0 Å². The minimum Gasteiger partial charge on any atom is -0.304 e. The van der Waals surface area contributed by atoms with Crippen molar-refractivity contribution in [2.24, 2.45) is 5.92 Å². The number of nitrogens with zero attached hydrogens (tertiary/aromatic N) is 3. The van der Waals surface area contributed by atoms with Gasteiger partial charge in [0.1, 0.15) is 0 Å². The maximum atomic E-state index is 13.3. The molecule has 0 spiro atoms. The van der Waals surface area contributed by atoms with Crippen molar-refractivity contribution >= 4 is 39.5 Å². The second kappa shape index (κ2) is 5.35. The van der Waals surface area contributed by atoms with E-state index < -0.39 is 0 Å². The lowest BCUT2D eigenvalue weighted by Crippen LogP contribution is -2.34. The fourth-order valence-electron chi connectivity index (χ4n) is 2.95. The number of carbonyl (C=O) groups is 1. The van der Waals surface area contributed by atoms with Crippen molar-refractivity contribution in [3.63, 3.8) is 0 Å². The van der Waals surface area contributed by atoms with Gasteiger partial charge in [-0.15, -0.1) is 11.3 Å². The number of rotatable bonds is 3. The molecule has 0 N–H and O–H groups in total. The largest absolute Gasteiger partial charge is 0.304 e. The Morgan fingerprint density at radius 3 is 2.74 bits per heavy atom. The topological polar surface area (TPSA) is 37.6 Å². The Labute approximate surface area is 143 Å². The lowest BCUT2D eigenvalue weighted by molar-refractivity contribution is 0.0979. The number of benzene rings is 1. The molecule has 1 fully saturated rings. The molecule has 0 bridgehead atoms. The summed E-state index contributed by atoms with van der Waals surface area (Å²) in [6, 6.07) is 10.0. The van der Waals surface area contributed by atoms with Crippen LogP contribution in [-0.4, -0.2) is 21.3 Å². The maximum absolute atomic E-state index is 13.3. The van der Waals surface area contributed by atoms with Gasteiger partial charge in [-0.3, -0.25) is 9.20 Å². The molecule has 2 atom stereocenters. The van der Waals surface area contributed by atoms with Gasteiger partial charge in [0.2, 0.25) is 0 Å². The van der Waals surface area contributed by atoms with Gasteiger partial charge in [0, 0.05) is 22.8 Å². The highest BCUT2D eigenvalue weighted by molar-refractivity contribution is 7.17. The molecule has 2 heterocycles. The Hall–Kier alpha value is -1.85. The number of halogens is 1. The van der Waals surface area contributed by atoms with Crippen LogP contribution in [0.3, 0.4) is 0 Å². The standard InChI is InChI=1S/C17H16ClN3OS/c1-10-8-13(10)21(12-6-4-3-5-7-12)16(22)14-15(18)19-17-20(14)9-11(2)23-17/h3-7,9-10,13H,8H2,1-2H3. The Balaban J connectivity index is 1.82. The SMILES string of the molecule is Cc1cn2c(C(=O)N(c3ccccc3)C3CC3C)c(Cl)nc2s1. The molecule has 4 nitrogen and oxygen atoms in total. The number of amides is 1. The molecule has 4 rings (SSSR count). The summed E-state index contributed by atoms with van der Waals surface area (Å²) in [5.41, 5.74) is 1.36. The van der Waals surface area contributed by atoms with Gasteiger partial charge in [0.25, 0.3) is 5.91 Å². The third kappa shape index (κ3) is 2.44. The summed E-state index contributed by atoms with van der Waals surface area (Å²) in [4.78, 5) is 21.3. The molecular weight excluding hydrogens is 330 g/mol. The molecule has 1 saturated carbocycles. The Morgan fingerprint density at radius 2 is 2.09 bits per heavy atom. The molecule has 23 heavy (non-hydrogen) atoms. The molecule has 0 saturated heterocycles. The van der Waals surface area contributed by atoms with Crippen LogP contribution in [-0.2, 0) is 0 Å². The number of hydrogen-bond donors (Lipinski definition) is 0. The van der Waals surface area contributed by atoms with Crippen molar-refractivity contribution in [2.75, 3.05) is 4.90 Å². The van der Waals surface area contributed by atoms with E-state index in [0.29, 0.717) is 11.6 Å². The smallest absolute Gasteiger partial charge is 0.278 e. The van der Waals surface area contributed by atoms with E-state index in [1.807, 2.05) is 52.8 Å². The first-order valence-corrected chi connectivity index (χ1v) is 8.78. The van der Waals surface area contributed by atoms with Crippen molar-refractivity contribution in [1.82, 2.24) is 9.38 Å². The first-order valence-electron chi connectivity index (χ1n) is 7.59. The highest BCUT2D eigenvalue weighted by atomic mass is 35.5. The third-order valence-electron chi connectivity index (χ3n) is 4.25. The van der Waals surface area contributed by atoms with E-state index >= 15 is 0 Å². The number of thiazole rings is 1. The number of aryl methyl sites for hydroxylation is 1. The highest BCUT2D eigenvalue weighted by Crippen LogP contribution is 2.39. The summed E-state index contributed by atoms with van der Waals surface area (Å²) >= 11 is 7.81. The van der Waals surface area contributed by atoms with E-state index in [1.165, 1.54) is 11.3 Å². The van der Waals surface area contributed by atoms with E-state index in [-0.39, 0.29) is 17.1 Å². The van der Waals surface area contributed by atoms with Gasteiger partial charge in [-0.1, -0.05) is 36.7 Å². The number of carbonyl (C=O) groups excluding carboxylic acids is 1. The van der Waals surface area contributed by atoms with Crippen molar-refractivity contribution < 1.29 is 4.79 Å². The van der Waals surface area contributed by atoms with Crippen LogP contribution < -0.4 is 4.90 Å². The summed E-state index contributed by atoms with van der Waals surface area (Å²) in [7, 11) is 0. The van der Waals surface area contributed by atoms with E-state index in [9.17, 15) is 4.79 Å². The Kier molecular flexibility index (Phi) is 3.43. The molecule has 1 aliphatic carbocycles. The van der Waals surface area contributed by atoms with Crippen LogP contribution in [0, 0.1) is 12.8 Å². The summed E-state index contributed by atoms with van der Waals surface area (Å²) < 4.78 is 1.81. The zero-order valence-corrected chi connectivity index (χ0v) is 14.4. The van der Waals surface area contributed by atoms with Gasteiger partial charge < -0.3 is 4.90 Å². The van der Waals surface area contributed by atoms with Gasteiger partial charge >= 0.3 is 0 Å². The van der Waals surface area contributed by atoms with Gasteiger partial charge in [-0.2, -0.15) is 0 Å². The van der Waals surface area contributed by atoms with Crippen molar-refractivity contribution in [3.8, 4) is 0 Å². The van der Waals surface area contributed by atoms with Gasteiger partial charge in [-0.05, 0) is 31.4 Å². The molecule has 0 radical (unpaired) electrons. The van der Waals surface area contributed by atoms with Crippen LogP contribution in [0.25, 0.3) is 4.96 Å². The average Bonchev–Trinajstić information content (AvgIpc) is 2.98. The summed E-state index contributed by atoms with van der Waals surface area (Å²) in [6.45, 7) is 4.16. The fourth-order valence-corrected chi connectivity index (χ4v) is 4.07. The minimum absolute atomic E-state index is 0.0825. The molecule has 1 aliphatic rings. The quantitative estimate of drug-likeness (QED) is 0.705. The van der Waals surface area contributed by atoms with Crippen LogP contribution in [0.1, 0.15) is 28.7 Å². The molecule has 1 aromatic carbocycles. The molecule has 6 heteroatoms. The van der Waals surface area contributed by atoms with Crippen LogP contribution in [0.2, 0.25) is 5.15 Å². The van der Waals surface area contributed by atoms with Crippen molar-refractivity contribution in [2.45, 2.75) is 26.3 Å². The molecule has 2 aromatic heterocycles. The lowest BCUT2D eigenvalue weighted by atomic mass is 10.2. The molecule has 2 unspecified atom stereocenters. The number of anilines is 1. The van der Waals surface area contributed by atoms with E-state index in [0.717, 1.165) is 21.9 Å². The Bertz CT molecular complexity index is 886. The zero-order chi connectivity index (χ0) is 16.1. The van der Waals surface area contributed by atoms with Crippen LogP contribution >= 0.6 is 22.9 Å². The zero-order valence-electron chi connectivity index (χ0n) is 12.9. The Morgan fingerprint density at radius 1 is 1.39 bits per heavy atom. The number of hydrogen-bond acceptors (Lipinski definition) is 3. The van der Waals surface area contributed by atoms with E-state index in [2.05, 4.69) is 11.9 Å². The second-order valence-electron chi connectivity index (χ2n) is 6.04. The van der Waals surface area contributed by atoms with Crippen molar-refractivity contribution in [1.29, 1.82) is 0 Å². The molecule has 1 amide bonds. The summed E-state index contributed by atoms with van der Waals surface area (Å²) in [5.74, 6) is 0.423. The lowest BCUT2D eigenvalue weighted by Gasteiger charge is -2.23. The predicted octanol–water partition coefficient (Wildman–Crippen LogP) is 4.41. The van der Waals surface area contributed by atoms with Crippen LogP contribution in [0.15, 0.2) is 36.5 Å². The summed E-state index contributed by atoms with van der Waals surface area (Å²) in [5, 5.41) is 0.274. The monoisotopic (exact) mass is 345 g/mol. The first kappa shape index (κ1) is 14.7. The second-order valence-corrected chi connectivity index (χ2v) is 7.61. The predicted molar refractivity (Wildman–Crippen MR) is 93.6 cm³/mol. The van der Waals surface area contributed by atoms with E-state index in [4.69, 9.17) is 11.6 Å². The average molecular weight is 346 g/mol. The number of fused-ring (bicyclic) bond motifs is 1. The number of imidazole rings is 1. The molecule has 118 valence electrons.